The molecule has 8 heteroatoms. The highest BCUT2D eigenvalue weighted by molar-refractivity contribution is 5.96. The molecule has 0 spiro atoms. The summed E-state index contributed by atoms with van der Waals surface area (Å²) in [7, 11) is 0. The highest BCUT2D eigenvalue weighted by atomic mass is 19.4. The number of halogens is 3. The Kier molecular flexibility index (Phi) is 7.61. The van der Waals surface area contributed by atoms with Crippen molar-refractivity contribution in [2.24, 2.45) is 0 Å². The maximum atomic E-state index is 12.7. The van der Waals surface area contributed by atoms with Gasteiger partial charge in [-0.25, -0.2) is 0 Å². The van der Waals surface area contributed by atoms with Gasteiger partial charge in [0.2, 0.25) is 0 Å². The molecule has 0 aliphatic carbocycles. The van der Waals surface area contributed by atoms with E-state index in [4.69, 9.17) is 9.84 Å². The number of carboxylic acid groups (broad SMARTS) is 1. The standard InChI is InChI=1S/C26H24F3NO4/c1-16-14-21(12-8-19(16)9-13-24(31)32)34-23-5-3-4-22(17(23)2)25(33)30-15-18-6-10-20(11-7-18)26(27,28)29/h3-8,10-12,14H,9,13,15H2,1-2H3,(H,30,33)(H,31,32). The third-order valence-corrected chi connectivity index (χ3v) is 5.41. The van der Waals surface area contributed by atoms with Crippen molar-refractivity contribution in [1.82, 2.24) is 5.32 Å². The van der Waals surface area contributed by atoms with Crippen LogP contribution in [0.15, 0.2) is 60.7 Å². The summed E-state index contributed by atoms with van der Waals surface area (Å²) in [5, 5.41) is 11.6. The number of carbonyl (C=O) groups excluding carboxylic acids is 1. The zero-order chi connectivity index (χ0) is 24.9. The number of carbonyl (C=O) groups is 2. The first kappa shape index (κ1) is 24.8. The minimum absolute atomic E-state index is 0.0454. The smallest absolute Gasteiger partial charge is 0.416 e. The number of aliphatic carboxylic acids is 1. The fourth-order valence-electron chi connectivity index (χ4n) is 3.44. The summed E-state index contributed by atoms with van der Waals surface area (Å²) in [5.41, 5.74) is 2.63. The topological polar surface area (TPSA) is 75.6 Å². The molecule has 0 aliphatic rings. The van der Waals surface area contributed by atoms with Gasteiger partial charge < -0.3 is 15.2 Å². The fraction of sp³-hybridized carbons (Fsp3) is 0.231. The summed E-state index contributed by atoms with van der Waals surface area (Å²) in [4.78, 5) is 23.5. The lowest BCUT2D eigenvalue weighted by Gasteiger charge is -2.14. The highest BCUT2D eigenvalue weighted by Crippen LogP contribution is 2.30. The third kappa shape index (κ3) is 6.37. The van der Waals surface area contributed by atoms with E-state index in [9.17, 15) is 22.8 Å². The monoisotopic (exact) mass is 471 g/mol. The van der Waals surface area contributed by atoms with Gasteiger partial charge in [0.15, 0.2) is 0 Å². The molecule has 0 unspecified atom stereocenters. The van der Waals surface area contributed by atoms with E-state index in [1.165, 1.54) is 12.1 Å². The lowest BCUT2D eigenvalue weighted by molar-refractivity contribution is -0.138. The largest absolute Gasteiger partial charge is 0.481 e. The number of alkyl halides is 3. The molecule has 3 rings (SSSR count). The quantitative estimate of drug-likeness (QED) is 0.419. The molecular formula is C26H24F3NO4. The van der Waals surface area contributed by atoms with Gasteiger partial charge in [-0.05, 0) is 73.4 Å². The van der Waals surface area contributed by atoms with Gasteiger partial charge in [-0.1, -0.05) is 24.3 Å². The molecule has 0 aromatic heterocycles. The molecule has 0 saturated heterocycles. The minimum Gasteiger partial charge on any atom is -0.481 e. The van der Waals surface area contributed by atoms with Crippen LogP contribution in [-0.2, 0) is 23.9 Å². The lowest BCUT2D eigenvalue weighted by Crippen LogP contribution is -2.23. The molecule has 0 bridgehead atoms. The molecule has 0 aliphatic heterocycles. The van der Waals surface area contributed by atoms with E-state index in [1.54, 1.807) is 31.2 Å². The van der Waals surface area contributed by atoms with E-state index in [1.807, 2.05) is 19.1 Å². The Morgan fingerprint density at radius 1 is 1.00 bits per heavy atom. The van der Waals surface area contributed by atoms with Crippen molar-refractivity contribution < 1.29 is 32.6 Å². The number of aryl methyl sites for hydroxylation is 2. The summed E-state index contributed by atoms with van der Waals surface area (Å²) in [6, 6.07) is 15.1. The Morgan fingerprint density at radius 2 is 1.71 bits per heavy atom. The Morgan fingerprint density at radius 3 is 2.32 bits per heavy atom. The first-order chi connectivity index (χ1) is 16.0. The average molecular weight is 471 g/mol. The van der Waals surface area contributed by atoms with Crippen LogP contribution in [0.5, 0.6) is 11.5 Å². The van der Waals surface area contributed by atoms with E-state index in [0.717, 1.165) is 23.3 Å². The SMILES string of the molecule is Cc1cc(Oc2cccc(C(=O)NCc3ccc(C(F)(F)F)cc3)c2C)ccc1CCC(=O)O. The second-order valence-electron chi connectivity index (χ2n) is 7.89. The lowest BCUT2D eigenvalue weighted by atomic mass is 10.0. The minimum atomic E-state index is -4.41. The molecule has 5 nitrogen and oxygen atoms in total. The number of ether oxygens (including phenoxy) is 1. The maximum absolute atomic E-state index is 12.7. The van der Waals surface area contributed by atoms with Crippen LogP contribution in [0.2, 0.25) is 0 Å². The summed E-state index contributed by atoms with van der Waals surface area (Å²) in [5.74, 6) is -0.186. The van der Waals surface area contributed by atoms with Gasteiger partial charge in [-0.15, -0.1) is 0 Å². The van der Waals surface area contributed by atoms with E-state index in [0.29, 0.717) is 34.6 Å². The Balaban J connectivity index is 1.67. The summed E-state index contributed by atoms with van der Waals surface area (Å²) >= 11 is 0. The van der Waals surface area contributed by atoms with Crippen molar-refractivity contribution >= 4 is 11.9 Å². The van der Waals surface area contributed by atoms with Crippen molar-refractivity contribution in [3.63, 3.8) is 0 Å². The van der Waals surface area contributed by atoms with Crippen molar-refractivity contribution in [2.75, 3.05) is 0 Å². The first-order valence-corrected chi connectivity index (χ1v) is 10.6. The first-order valence-electron chi connectivity index (χ1n) is 10.6. The van der Waals surface area contributed by atoms with Gasteiger partial charge in [-0.3, -0.25) is 9.59 Å². The number of amides is 1. The fourth-order valence-corrected chi connectivity index (χ4v) is 3.44. The Labute approximate surface area is 195 Å². The third-order valence-electron chi connectivity index (χ3n) is 5.41. The predicted molar refractivity (Wildman–Crippen MR) is 121 cm³/mol. The van der Waals surface area contributed by atoms with Crippen LogP contribution in [0.25, 0.3) is 0 Å². The second kappa shape index (κ2) is 10.4. The molecule has 0 radical (unpaired) electrons. The van der Waals surface area contributed by atoms with Crippen molar-refractivity contribution in [2.45, 2.75) is 39.4 Å². The molecular weight excluding hydrogens is 447 g/mol. The number of carboxylic acids is 1. The summed E-state index contributed by atoms with van der Waals surface area (Å²) < 4.78 is 44.1. The molecule has 0 heterocycles. The number of benzene rings is 3. The number of rotatable bonds is 8. The number of nitrogens with one attached hydrogen (secondary N) is 1. The van der Waals surface area contributed by atoms with Crippen molar-refractivity contribution in [3.8, 4) is 11.5 Å². The molecule has 3 aromatic carbocycles. The molecule has 1 amide bonds. The van der Waals surface area contributed by atoms with Crippen LogP contribution < -0.4 is 10.1 Å². The van der Waals surface area contributed by atoms with Gasteiger partial charge in [-0.2, -0.15) is 13.2 Å². The highest BCUT2D eigenvalue weighted by Gasteiger charge is 2.29. The van der Waals surface area contributed by atoms with Gasteiger partial charge in [0.1, 0.15) is 11.5 Å². The normalized spacial score (nSPS) is 11.2. The molecule has 0 fully saturated rings. The van der Waals surface area contributed by atoms with Gasteiger partial charge in [0.05, 0.1) is 5.56 Å². The van der Waals surface area contributed by atoms with Crippen LogP contribution in [0, 0.1) is 13.8 Å². The van der Waals surface area contributed by atoms with E-state index in [2.05, 4.69) is 5.32 Å². The molecule has 0 saturated carbocycles. The molecule has 3 aromatic rings. The zero-order valence-corrected chi connectivity index (χ0v) is 18.7. The van der Waals surface area contributed by atoms with Crippen LogP contribution in [0.1, 0.15) is 44.6 Å². The van der Waals surface area contributed by atoms with E-state index >= 15 is 0 Å². The maximum Gasteiger partial charge on any atom is 0.416 e. The van der Waals surface area contributed by atoms with E-state index in [-0.39, 0.29) is 18.9 Å². The van der Waals surface area contributed by atoms with Crippen LogP contribution in [0.4, 0.5) is 13.2 Å². The van der Waals surface area contributed by atoms with Crippen LogP contribution in [-0.4, -0.2) is 17.0 Å². The zero-order valence-electron chi connectivity index (χ0n) is 18.7. The van der Waals surface area contributed by atoms with E-state index < -0.39 is 17.7 Å². The second-order valence-corrected chi connectivity index (χ2v) is 7.89. The Hall–Kier alpha value is -3.81. The molecule has 0 atom stereocenters. The predicted octanol–water partition coefficient (Wildman–Crippen LogP) is 6.06. The van der Waals surface area contributed by atoms with Crippen molar-refractivity contribution in [1.29, 1.82) is 0 Å². The summed E-state index contributed by atoms with van der Waals surface area (Å²) in [6.07, 6.45) is -3.94. The molecule has 2 N–H and O–H groups in total. The van der Waals surface area contributed by atoms with Crippen LogP contribution in [0.3, 0.4) is 0 Å². The van der Waals surface area contributed by atoms with Gasteiger partial charge in [0.25, 0.3) is 5.91 Å². The van der Waals surface area contributed by atoms with Crippen LogP contribution >= 0.6 is 0 Å². The van der Waals surface area contributed by atoms with Crippen molar-refractivity contribution in [3.05, 3.63) is 94.0 Å². The average Bonchev–Trinajstić information content (AvgIpc) is 2.78. The van der Waals surface area contributed by atoms with Gasteiger partial charge >= 0.3 is 12.1 Å². The summed E-state index contributed by atoms with van der Waals surface area (Å²) in [6.45, 7) is 3.71. The van der Waals surface area contributed by atoms with Gasteiger partial charge in [0, 0.05) is 24.1 Å². The molecule has 34 heavy (non-hydrogen) atoms. The Bertz CT molecular complexity index is 1190. The number of hydrogen-bond donors (Lipinski definition) is 2. The molecule has 178 valence electrons. The number of hydrogen-bond acceptors (Lipinski definition) is 3.